The lowest BCUT2D eigenvalue weighted by molar-refractivity contribution is -0.137. The largest absolute Gasteiger partial charge is 0.491 e. The summed E-state index contributed by atoms with van der Waals surface area (Å²) in [7, 11) is 0. The van der Waals surface area contributed by atoms with Crippen molar-refractivity contribution >= 4 is 5.97 Å². The molecule has 1 saturated carbocycles. The van der Waals surface area contributed by atoms with Gasteiger partial charge < -0.3 is 20.1 Å². The second kappa shape index (κ2) is 11.6. The van der Waals surface area contributed by atoms with Crippen LogP contribution in [-0.4, -0.2) is 46.3 Å². The summed E-state index contributed by atoms with van der Waals surface area (Å²) in [6.07, 6.45) is 6.08. The number of para-hydroxylation sites is 1. The van der Waals surface area contributed by atoms with Crippen molar-refractivity contribution in [3.8, 4) is 5.75 Å². The number of aliphatic hydroxyl groups is 2. The molecule has 2 rings (SSSR count). The van der Waals surface area contributed by atoms with Crippen LogP contribution in [0.1, 0.15) is 32.1 Å². The van der Waals surface area contributed by atoms with E-state index in [9.17, 15) is 19.4 Å². The maximum absolute atomic E-state index is 14.3. The Morgan fingerprint density at radius 3 is 2.75 bits per heavy atom. The molecule has 0 bridgehead atoms. The van der Waals surface area contributed by atoms with Gasteiger partial charge in [-0.1, -0.05) is 42.5 Å². The van der Waals surface area contributed by atoms with Crippen molar-refractivity contribution in [2.24, 2.45) is 11.8 Å². The van der Waals surface area contributed by atoms with Crippen LogP contribution < -0.4 is 4.74 Å². The number of carbonyl (C=O) groups is 1. The van der Waals surface area contributed by atoms with Gasteiger partial charge in [0.2, 0.25) is 0 Å². The molecule has 1 fully saturated rings. The summed E-state index contributed by atoms with van der Waals surface area (Å²) < 4.78 is 19.8. The van der Waals surface area contributed by atoms with Crippen LogP contribution in [0, 0.1) is 11.8 Å². The average molecular weight is 392 g/mol. The highest BCUT2D eigenvalue weighted by molar-refractivity contribution is 5.66. The lowest BCUT2D eigenvalue weighted by Gasteiger charge is -2.19. The minimum Gasteiger partial charge on any atom is -0.491 e. The van der Waals surface area contributed by atoms with Crippen molar-refractivity contribution < 1.29 is 29.2 Å². The first-order chi connectivity index (χ1) is 13.5. The SMILES string of the molecule is O=C(O)CCC/C=C\C[C@@H]1[C@@H](/C=C/[C@@H](O)COc2ccccc2)[C@@H](O)C[C@H]1F. The highest BCUT2D eigenvalue weighted by Crippen LogP contribution is 2.38. The van der Waals surface area contributed by atoms with Crippen molar-refractivity contribution in [3.05, 3.63) is 54.6 Å². The van der Waals surface area contributed by atoms with Gasteiger partial charge in [-0.25, -0.2) is 4.39 Å². The summed E-state index contributed by atoms with van der Waals surface area (Å²) in [6, 6.07) is 9.15. The summed E-state index contributed by atoms with van der Waals surface area (Å²) in [5, 5.41) is 28.8. The lowest BCUT2D eigenvalue weighted by atomic mass is 9.90. The summed E-state index contributed by atoms with van der Waals surface area (Å²) in [4.78, 5) is 10.5. The Kier molecular flexibility index (Phi) is 9.17. The fourth-order valence-corrected chi connectivity index (χ4v) is 3.42. The maximum atomic E-state index is 14.3. The first-order valence-electron chi connectivity index (χ1n) is 9.70. The summed E-state index contributed by atoms with van der Waals surface area (Å²) in [6.45, 7) is 0.0799. The van der Waals surface area contributed by atoms with E-state index in [1.54, 1.807) is 24.3 Å². The minimum absolute atomic E-state index is 0.0799. The monoisotopic (exact) mass is 392 g/mol. The molecule has 0 aliphatic heterocycles. The third-order valence-corrected chi connectivity index (χ3v) is 4.93. The van der Waals surface area contributed by atoms with Crippen LogP contribution in [0.15, 0.2) is 54.6 Å². The lowest BCUT2D eigenvalue weighted by Crippen LogP contribution is -2.20. The molecule has 0 radical (unpaired) electrons. The zero-order valence-corrected chi connectivity index (χ0v) is 15.9. The molecule has 0 unspecified atom stereocenters. The molecule has 5 nitrogen and oxygen atoms in total. The number of hydrogen-bond acceptors (Lipinski definition) is 4. The number of rotatable bonds is 11. The molecule has 1 aliphatic rings. The Bertz CT molecular complexity index is 646. The third kappa shape index (κ3) is 7.44. The molecule has 154 valence electrons. The van der Waals surface area contributed by atoms with Crippen LogP contribution in [0.4, 0.5) is 4.39 Å². The van der Waals surface area contributed by atoms with E-state index in [-0.39, 0.29) is 31.3 Å². The molecule has 1 aromatic rings. The molecular weight excluding hydrogens is 363 g/mol. The number of ether oxygens (including phenoxy) is 1. The molecule has 5 atom stereocenters. The van der Waals surface area contributed by atoms with Crippen LogP contribution in [0.5, 0.6) is 5.75 Å². The van der Waals surface area contributed by atoms with E-state index < -0.39 is 24.3 Å². The Labute approximate surface area is 165 Å². The molecule has 1 aliphatic carbocycles. The van der Waals surface area contributed by atoms with Crippen molar-refractivity contribution in [1.29, 1.82) is 0 Å². The standard InChI is InChI=1S/C22H29FO5/c23-20-14-21(25)19(18(20)10-6-1-2-7-11-22(26)27)13-12-16(24)15-28-17-8-4-3-5-9-17/h1,3-6,8-9,12-13,16,18-21,24-25H,2,7,10-11,14-15H2,(H,26,27)/b6-1-,13-12+/t16-,18-,19-,20-,21+/m1/s1. The second-order valence-corrected chi connectivity index (χ2v) is 7.13. The Morgan fingerprint density at radius 2 is 2.04 bits per heavy atom. The van der Waals surface area contributed by atoms with E-state index in [1.165, 1.54) is 0 Å². The number of benzene rings is 1. The van der Waals surface area contributed by atoms with Crippen LogP contribution >= 0.6 is 0 Å². The summed E-state index contributed by atoms with van der Waals surface area (Å²) in [5.74, 6) is -0.893. The Balaban J connectivity index is 1.82. The summed E-state index contributed by atoms with van der Waals surface area (Å²) in [5.41, 5.74) is 0. The first kappa shape index (κ1) is 22.1. The molecule has 0 aromatic heterocycles. The van der Waals surface area contributed by atoms with Gasteiger partial charge in [-0.05, 0) is 31.4 Å². The number of hydrogen-bond donors (Lipinski definition) is 3. The molecule has 0 amide bonds. The maximum Gasteiger partial charge on any atom is 0.303 e. The van der Waals surface area contributed by atoms with Gasteiger partial charge in [0.25, 0.3) is 0 Å². The van der Waals surface area contributed by atoms with Gasteiger partial charge in [-0.2, -0.15) is 0 Å². The topological polar surface area (TPSA) is 87.0 Å². The minimum atomic E-state index is -1.11. The smallest absolute Gasteiger partial charge is 0.303 e. The van der Waals surface area contributed by atoms with Gasteiger partial charge in [0.15, 0.2) is 0 Å². The van der Waals surface area contributed by atoms with E-state index in [0.717, 1.165) is 0 Å². The van der Waals surface area contributed by atoms with Crippen molar-refractivity contribution in [1.82, 2.24) is 0 Å². The number of carboxylic acids is 1. The normalized spacial score (nSPS) is 26.1. The number of aliphatic carboxylic acids is 1. The van der Waals surface area contributed by atoms with E-state index in [4.69, 9.17) is 9.84 Å². The van der Waals surface area contributed by atoms with Crippen LogP contribution in [0.25, 0.3) is 0 Å². The number of unbranched alkanes of at least 4 members (excludes halogenated alkanes) is 1. The van der Waals surface area contributed by atoms with Gasteiger partial charge in [0.05, 0.1) is 6.10 Å². The first-order valence-corrected chi connectivity index (χ1v) is 9.70. The third-order valence-electron chi connectivity index (χ3n) is 4.93. The molecule has 0 heterocycles. The average Bonchev–Trinajstić information content (AvgIpc) is 2.94. The van der Waals surface area contributed by atoms with E-state index >= 15 is 0 Å². The van der Waals surface area contributed by atoms with Crippen molar-refractivity contribution in [3.63, 3.8) is 0 Å². The zero-order valence-electron chi connectivity index (χ0n) is 15.9. The summed E-state index contributed by atoms with van der Waals surface area (Å²) >= 11 is 0. The van der Waals surface area contributed by atoms with Crippen molar-refractivity contribution in [2.45, 2.75) is 50.5 Å². The molecule has 0 saturated heterocycles. The number of carboxylic acid groups (broad SMARTS) is 1. The number of alkyl halides is 1. The fourth-order valence-electron chi connectivity index (χ4n) is 3.42. The molecule has 28 heavy (non-hydrogen) atoms. The fraction of sp³-hybridized carbons (Fsp3) is 0.500. The molecule has 1 aromatic carbocycles. The number of allylic oxidation sites excluding steroid dienone is 2. The quantitative estimate of drug-likeness (QED) is 0.396. The van der Waals surface area contributed by atoms with Crippen molar-refractivity contribution in [2.75, 3.05) is 6.61 Å². The number of halogens is 1. The van der Waals surface area contributed by atoms with E-state index in [0.29, 0.717) is 25.0 Å². The Morgan fingerprint density at radius 1 is 1.29 bits per heavy atom. The van der Waals surface area contributed by atoms with Gasteiger partial charge in [0.1, 0.15) is 24.6 Å². The number of aliphatic hydroxyl groups excluding tert-OH is 2. The molecule has 6 heteroatoms. The highest BCUT2D eigenvalue weighted by atomic mass is 19.1. The van der Waals surface area contributed by atoms with Crippen LogP contribution in [0.2, 0.25) is 0 Å². The zero-order chi connectivity index (χ0) is 20.4. The molecule has 0 spiro atoms. The Hall–Kier alpha value is -2.18. The molecular formula is C22H29FO5. The van der Waals surface area contributed by atoms with Gasteiger partial charge in [0, 0.05) is 24.7 Å². The van der Waals surface area contributed by atoms with Crippen LogP contribution in [-0.2, 0) is 4.79 Å². The second-order valence-electron chi connectivity index (χ2n) is 7.13. The predicted molar refractivity (Wildman–Crippen MR) is 105 cm³/mol. The molecule has 3 N–H and O–H groups in total. The predicted octanol–water partition coefficient (Wildman–Crippen LogP) is 3.52. The van der Waals surface area contributed by atoms with Gasteiger partial charge in [-0.15, -0.1) is 0 Å². The van der Waals surface area contributed by atoms with E-state index in [1.807, 2.05) is 30.4 Å². The highest BCUT2D eigenvalue weighted by Gasteiger charge is 2.40. The van der Waals surface area contributed by atoms with Crippen LogP contribution in [0.3, 0.4) is 0 Å². The van der Waals surface area contributed by atoms with Gasteiger partial charge >= 0.3 is 5.97 Å². The van der Waals surface area contributed by atoms with E-state index in [2.05, 4.69) is 0 Å². The van der Waals surface area contributed by atoms with Gasteiger partial charge in [-0.3, -0.25) is 4.79 Å².